The molecule has 1 saturated heterocycles. The van der Waals surface area contributed by atoms with Crippen LogP contribution < -0.4 is 4.90 Å². The monoisotopic (exact) mass is 275 g/mol. The number of nitrogens with zero attached hydrogens (tertiary/aromatic N) is 5. The van der Waals surface area contributed by atoms with Gasteiger partial charge >= 0.3 is 0 Å². The number of carbonyl (C=O) groups excluding carboxylic acids is 1. The number of amides is 1. The largest absolute Gasteiger partial charge is 0.384 e. The second-order valence-electron chi connectivity index (χ2n) is 4.49. The van der Waals surface area contributed by atoms with E-state index >= 15 is 0 Å². The Labute approximate surface area is 117 Å². The first-order valence-electron chi connectivity index (χ1n) is 6.48. The molecule has 0 saturated carbocycles. The summed E-state index contributed by atoms with van der Waals surface area (Å²) in [5.41, 5.74) is 0.446. The van der Waals surface area contributed by atoms with Gasteiger partial charge in [0.2, 0.25) is 11.9 Å². The molecule has 2 rings (SSSR count). The molecule has 1 fully saturated rings. The van der Waals surface area contributed by atoms with Crippen LogP contribution in [-0.2, 0) is 9.53 Å². The van der Waals surface area contributed by atoms with Gasteiger partial charge < -0.3 is 14.5 Å². The van der Waals surface area contributed by atoms with Crippen molar-refractivity contribution in [2.45, 2.75) is 6.42 Å². The lowest BCUT2D eigenvalue weighted by Crippen LogP contribution is -2.49. The van der Waals surface area contributed by atoms with E-state index in [1.165, 1.54) is 12.4 Å². The molecule has 0 radical (unpaired) electrons. The summed E-state index contributed by atoms with van der Waals surface area (Å²) in [4.78, 5) is 24.0. The molecule has 0 N–H and O–H groups in total. The summed E-state index contributed by atoms with van der Waals surface area (Å²) in [5, 5.41) is 8.71. The van der Waals surface area contributed by atoms with Gasteiger partial charge in [-0.15, -0.1) is 0 Å². The zero-order valence-electron chi connectivity index (χ0n) is 11.4. The lowest BCUT2D eigenvalue weighted by molar-refractivity contribution is -0.132. The van der Waals surface area contributed by atoms with E-state index in [9.17, 15) is 4.79 Å². The first-order valence-corrected chi connectivity index (χ1v) is 6.48. The van der Waals surface area contributed by atoms with Crippen LogP contribution in [0.2, 0.25) is 0 Å². The predicted molar refractivity (Wildman–Crippen MR) is 72.0 cm³/mol. The van der Waals surface area contributed by atoms with E-state index in [2.05, 4.69) is 9.97 Å². The van der Waals surface area contributed by atoms with Gasteiger partial charge in [-0.3, -0.25) is 4.79 Å². The number of hydrogen-bond acceptors (Lipinski definition) is 6. The Morgan fingerprint density at radius 3 is 2.55 bits per heavy atom. The molecule has 0 atom stereocenters. The van der Waals surface area contributed by atoms with Gasteiger partial charge in [0.1, 0.15) is 6.07 Å². The maximum Gasteiger partial charge on any atom is 0.225 e. The average molecular weight is 275 g/mol. The zero-order valence-corrected chi connectivity index (χ0v) is 11.4. The lowest BCUT2D eigenvalue weighted by atomic mass is 10.3. The van der Waals surface area contributed by atoms with Crippen LogP contribution in [0.15, 0.2) is 12.4 Å². The van der Waals surface area contributed by atoms with Gasteiger partial charge in [-0.1, -0.05) is 0 Å². The van der Waals surface area contributed by atoms with Crippen LogP contribution in [0.5, 0.6) is 0 Å². The van der Waals surface area contributed by atoms with Crippen LogP contribution in [-0.4, -0.2) is 60.7 Å². The van der Waals surface area contributed by atoms with Crippen molar-refractivity contribution in [2.75, 3.05) is 44.8 Å². The topological polar surface area (TPSA) is 82.4 Å². The van der Waals surface area contributed by atoms with Crippen molar-refractivity contribution < 1.29 is 9.53 Å². The van der Waals surface area contributed by atoms with Gasteiger partial charge in [0, 0.05) is 33.3 Å². The number of methoxy groups -OCH3 is 1. The molecule has 7 heteroatoms. The first kappa shape index (κ1) is 14.2. The number of rotatable bonds is 4. The minimum atomic E-state index is 0.118. The smallest absolute Gasteiger partial charge is 0.225 e. The summed E-state index contributed by atoms with van der Waals surface area (Å²) >= 11 is 0. The summed E-state index contributed by atoms with van der Waals surface area (Å²) in [6.07, 6.45) is 3.45. The Morgan fingerprint density at radius 1 is 1.35 bits per heavy atom. The molecule has 1 aliphatic heterocycles. The van der Waals surface area contributed by atoms with Crippen LogP contribution in [0, 0.1) is 11.3 Å². The van der Waals surface area contributed by atoms with Crippen molar-refractivity contribution >= 4 is 11.9 Å². The Hall–Kier alpha value is -2.20. The van der Waals surface area contributed by atoms with Crippen molar-refractivity contribution in [3.8, 4) is 6.07 Å². The molecule has 2 heterocycles. The highest BCUT2D eigenvalue weighted by atomic mass is 16.5. The summed E-state index contributed by atoms with van der Waals surface area (Å²) in [7, 11) is 1.59. The van der Waals surface area contributed by atoms with Crippen LogP contribution in [0.3, 0.4) is 0 Å². The molecule has 106 valence electrons. The van der Waals surface area contributed by atoms with Crippen LogP contribution in [0.1, 0.15) is 12.0 Å². The second-order valence-corrected chi connectivity index (χ2v) is 4.49. The van der Waals surface area contributed by atoms with E-state index in [1.807, 2.05) is 15.9 Å². The predicted octanol–water partition coefficient (Wildman–Crippen LogP) is 0.0334. The highest BCUT2D eigenvalue weighted by molar-refractivity contribution is 5.76. The molecule has 7 nitrogen and oxygen atoms in total. The van der Waals surface area contributed by atoms with Crippen molar-refractivity contribution in [1.82, 2.24) is 14.9 Å². The number of anilines is 1. The van der Waals surface area contributed by atoms with Crippen LogP contribution >= 0.6 is 0 Å². The van der Waals surface area contributed by atoms with E-state index in [4.69, 9.17) is 10.00 Å². The van der Waals surface area contributed by atoms with Crippen molar-refractivity contribution in [3.63, 3.8) is 0 Å². The summed E-state index contributed by atoms with van der Waals surface area (Å²) in [6.45, 7) is 3.17. The van der Waals surface area contributed by atoms with Crippen LogP contribution in [0.25, 0.3) is 0 Å². The van der Waals surface area contributed by atoms with Crippen molar-refractivity contribution in [1.29, 1.82) is 5.26 Å². The Morgan fingerprint density at radius 2 is 2.00 bits per heavy atom. The van der Waals surface area contributed by atoms with E-state index < -0.39 is 0 Å². The highest BCUT2D eigenvalue weighted by Crippen LogP contribution is 2.11. The fourth-order valence-electron chi connectivity index (χ4n) is 2.05. The Kier molecular flexibility index (Phi) is 4.85. The molecule has 20 heavy (non-hydrogen) atoms. The lowest BCUT2D eigenvalue weighted by Gasteiger charge is -2.34. The third kappa shape index (κ3) is 3.42. The van der Waals surface area contributed by atoms with Crippen molar-refractivity contribution in [2.24, 2.45) is 0 Å². The molecular weight excluding hydrogens is 258 g/mol. The summed E-state index contributed by atoms with van der Waals surface area (Å²) < 4.78 is 4.91. The second kappa shape index (κ2) is 6.82. The van der Waals surface area contributed by atoms with Gasteiger partial charge in [-0.05, 0) is 0 Å². The number of piperazine rings is 1. The minimum absolute atomic E-state index is 0.118. The maximum atomic E-state index is 11.8. The summed E-state index contributed by atoms with van der Waals surface area (Å²) in [6, 6.07) is 1.99. The van der Waals surface area contributed by atoms with Crippen molar-refractivity contribution in [3.05, 3.63) is 18.0 Å². The number of aromatic nitrogens is 2. The van der Waals surface area contributed by atoms with Crippen LogP contribution in [0.4, 0.5) is 5.95 Å². The summed E-state index contributed by atoms with van der Waals surface area (Å²) in [5.74, 6) is 0.722. The molecule has 0 unspecified atom stereocenters. The van der Waals surface area contributed by atoms with E-state index in [1.54, 1.807) is 7.11 Å². The fraction of sp³-hybridized carbons (Fsp3) is 0.538. The standard InChI is InChI=1S/C13H17N5O2/c1-20-7-2-12(19)17-3-5-18(6-4-17)13-15-9-11(8-14)10-16-13/h9-10H,2-7H2,1H3. The van der Waals surface area contributed by atoms with E-state index in [0.717, 1.165) is 0 Å². The first-order chi connectivity index (χ1) is 9.74. The van der Waals surface area contributed by atoms with E-state index in [0.29, 0.717) is 50.7 Å². The Balaban J connectivity index is 1.87. The van der Waals surface area contributed by atoms with Gasteiger partial charge in [0.25, 0.3) is 0 Å². The molecule has 0 aromatic carbocycles. The number of nitriles is 1. The Bertz CT molecular complexity index is 488. The molecule has 1 amide bonds. The number of ether oxygens (including phenoxy) is 1. The molecule has 1 aromatic heterocycles. The van der Waals surface area contributed by atoms with E-state index in [-0.39, 0.29) is 5.91 Å². The van der Waals surface area contributed by atoms with Gasteiger partial charge in [0.15, 0.2) is 0 Å². The number of hydrogen-bond donors (Lipinski definition) is 0. The molecule has 1 aliphatic rings. The molecule has 1 aromatic rings. The third-order valence-electron chi connectivity index (χ3n) is 3.20. The maximum absolute atomic E-state index is 11.8. The molecule has 0 spiro atoms. The number of carbonyl (C=O) groups is 1. The van der Waals surface area contributed by atoms with Gasteiger partial charge in [-0.25, -0.2) is 9.97 Å². The quantitative estimate of drug-likeness (QED) is 0.771. The molecule has 0 aliphatic carbocycles. The van der Waals surface area contributed by atoms with Gasteiger partial charge in [-0.2, -0.15) is 5.26 Å². The zero-order chi connectivity index (χ0) is 14.4. The minimum Gasteiger partial charge on any atom is -0.384 e. The normalized spacial score (nSPS) is 15.0. The highest BCUT2D eigenvalue weighted by Gasteiger charge is 2.22. The third-order valence-corrected chi connectivity index (χ3v) is 3.20. The molecule has 0 bridgehead atoms. The average Bonchev–Trinajstić information content (AvgIpc) is 2.53. The SMILES string of the molecule is COCCC(=O)N1CCN(c2ncc(C#N)cn2)CC1. The molecular formula is C13H17N5O2. The van der Waals surface area contributed by atoms with Gasteiger partial charge in [0.05, 0.1) is 31.0 Å². The fourth-order valence-corrected chi connectivity index (χ4v) is 2.05.